The van der Waals surface area contributed by atoms with Crippen LogP contribution in [-0.4, -0.2) is 50.7 Å². The van der Waals surface area contributed by atoms with Gasteiger partial charge in [0.05, 0.1) is 6.54 Å². The van der Waals surface area contributed by atoms with E-state index in [1.54, 1.807) is 12.1 Å². The highest BCUT2D eigenvalue weighted by Crippen LogP contribution is 2.21. The molecule has 1 unspecified atom stereocenters. The van der Waals surface area contributed by atoms with Crippen LogP contribution in [-0.2, 0) is 19.5 Å². The van der Waals surface area contributed by atoms with E-state index < -0.39 is 0 Å². The van der Waals surface area contributed by atoms with Crippen LogP contribution in [0.15, 0.2) is 24.3 Å². The van der Waals surface area contributed by atoms with Gasteiger partial charge in [0.2, 0.25) is 0 Å². The van der Waals surface area contributed by atoms with Gasteiger partial charge in [-0.05, 0) is 36.6 Å². The molecule has 1 saturated heterocycles. The Labute approximate surface area is 155 Å². The largest absolute Gasteiger partial charge is 0.295 e. The molecular weight excluding hydrogens is 329 g/mol. The third kappa shape index (κ3) is 4.89. The summed E-state index contributed by atoms with van der Waals surface area (Å²) in [5.41, 5.74) is 1.17. The third-order valence-electron chi connectivity index (χ3n) is 5.17. The first-order chi connectivity index (χ1) is 12.5. The van der Waals surface area contributed by atoms with Gasteiger partial charge in [-0.25, -0.2) is 9.37 Å². The van der Waals surface area contributed by atoms with Crippen molar-refractivity contribution < 1.29 is 4.39 Å². The number of rotatable bonds is 6. The van der Waals surface area contributed by atoms with Crippen LogP contribution in [0, 0.1) is 11.7 Å². The van der Waals surface area contributed by atoms with Gasteiger partial charge in [-0.2, -0.15) is 5.10 Å². The maximum Gasteiger partial charge on any atom is 0.150 e. The van der Waals surface area contributed by atoms with E-state index in [9.17, 15) is 4.39 Å². The lowest BCUT2D eigenvalue weighted by atomic mass is 10.0. The fraction of sp³-hybridized carbons (Fsp3) is 0.600. The van der Waals surface area contributed by atoms with Crippen molar-refractivity contribution in [1.29, 1.82) is 0 Å². The molecule has 6 heteroatoms. The number of nitrogens with zero attached hydrogens (tertiary/aromatic N) is 4. The molecule has 0 saturated carbocycles. The molecule has 0 amide bonds. The number of halogens is 1. The van der Waals surface area contributed by atoms with E-state index in [1.165, 1.54) is 5.56 Å². The zero-order valence-electron chi connectivity index (χ0n) is 16.1. The Morgan fingerprint density at radius 1 is 1.19 bits per heavy atom. The average Bonchev–Trinajstić information content (AvgIpc) is 2.98. The molecular formula is C20H30FN5. The lowest BCUT2D eigenvalue weighted by Gasteiger charge is -2.34. The SMILES string of the molecule is CCc1n[nH]c(CN2CCCN(Cc3ccc(F)cc3)C(C(C)C)C2)n1. The number of hydrogen-bond donors (Lipinski definition) is 1. The van der Waals surface area contributed by atoms with Crippen LogP contribution < -0.4 is 0 Å². The Balaban J connectivity index is 1.67. The minimum Gasteiger partial charge on any atom is -0.295 e. The van der Waals surface area contributed by atoms with E-state index in [2.05, 4.69) is 45.8 Å². The summed E-state index contributed by atoms with van der Waals surface area (Å²) >= 11 is 0. The maximum absolute atomic E-state index is 13.2. The van der Waals surface area contributed by atoms with E-state index in [4.69, 9.17) is 0 Å². The number of hydrogen-bond acceptors (Lipinski definition) is 4. The first-order valence-electron chi connectivity index (χ1n) is 9.66. The summed E-state index contributed by atoms with van der Waals surface area (Å²) in [6, 6.07) is 7.38. The fourth-order valence-corrected chi connectivity index (χ4v) is 3.71. The molecule has 1 atom stereocenters. The highest BCUT2D eigenvalue weighted by molar-refractivity contribution is 5.16. The van der Waals surface area contributed by atoms with E-state index in [1.807, 2.05) is 12.1 Å². The predicted octanol–water partition coefficient (Wildman–Crippen LogP) is 3.24. The Morgan fingerprint density at radius 2 is 1.96 bits per heavy atom. The molecule has 1 aliphatic rings. The van der Waals surface area contributed by atoms with Crippen LogP contribution in [0.2, 0.25) is 0 Å². The number of aryl methyl sites for hydroxylation is 1. The quantitative estimate of drug-likeness (QED) is 0.860. The summed E-state index contributed by atoms with van der Waals surface area (Å²) in [6.07, 6.45) is 1.98. The van der Waals surface area contributed by atoms with Gasteiger partial charge in [0.15, 0.2) is 0 Å². The van der Waals surface area contributed by atoms with Crippen molar-refractivity contribution in [2.45, 2.75) is 52.7 Å². The van der Waals surface area contributed by atoms with Crippen LogP contribution in [0.3, 0.4) is 0 Å². The monoisotopic (exact) mass is 359 g/mol. The second kappa shape index (κ2) is 8.73. The van der Waals surface area contributed by atoms with Gasteiger partial charge in [-0.15, -0.1) is 0 Å². The van der Waals surface area contributed by atoms with Crippen LogP contribution >= 0.6 is 0 Å². The minimum absolute atomic E-state index is 0.172. The molecule has 0 bridgehead atoms. The Morgan fingerprint density at radius 3 is 2.62 bits per heavy atom. The van der Waals surface area contributed by atoms with Gasteiger partial charge >= 0.3 is 0 Å². The van der Waals surface area contributed by atoms with Crippen LogP contribution in [0.1, 0.15) is 44.4 Å². The molecule has 3 rings (SSSR count). The van der Waals surface area contributed by atoms with Gasteiger partial charge in [0, 0.05) is 32.1 Å². The Kier molecular flexibility index (Phi) is 6.38. The number of H-pyrrole nitrogens is 1. The van der Waals surface area contributed by atoms with Crippen molar-refractivity contribution in [2.75, 3.05) is 19.6 Å². The standard InChI is InChI=1S/C20H30FN5/c1-4-19-22-20(24-23-19)14-25-10-5-11-26(18(13-25)15(2)3)12-16-6-8-17(21)9-7-16/h6-9,15,18H,4-5,10-14H2,1-3H3,(H,22,23,24). The molecule has 2 heterocycles. The molecule has 26 heavy (non-hydrogen) atoms. The molecule has 5 nitrogen and oxygen atoms in total. The molecule has 1 aromatic heterocycles. The highest BCUT2D eigenvalue weighted by Gasteiger charge is 2.27. The first kappa shape index (κ1) is 19.0. The zero-order chi connectivity index (χ0) is 18.5. The molecule has 0 radical (unpaired) electrons. The summed E-state index contributed by atoms with van der Waals surface area (Å²) in [7, 11) is 0. The second-order valence-electron chi connectivity index (χ2n) is 7.55. The third-order valence-corrected chi connectivity index (χ3v) is 5.17. The Bertz CT molecular complexity index is 682. The Hall–Kier alpha value is -1.79. The molecule has 1 aliphatic heterocycles. The smallest absolute Gasteiger partial charge is 0.150 e. The van der Waals surface area contributed by atoms with Gasteiger partial charge in [-0.1, -0.05) is 32.9 Å². The van der Waals surface area contributed by atoms with E-state index >= 15 is 0 Å². The van der Waals surface area contributed by atoms with Crippen LogP contribution in [0.25, 0.3) is 0 Å². The van der Waals surface area contributed by atoms with Crippen LogP contribution in [0.5, 0.6) is 0 Å². The minimum atomic E-state index is -0.172. The molecule has 1 aromatic carbocycles. The fourth-order valence-electron chi connectivity index (χ4n) is 3.71. The van der Waals surface area contributed by atoms with Crippen molar-refractivity contribution in [3.05, 3.63) is 47.3 Å². The van der Waals surface area contributed by atoms with E-state index in [0.717, 1.165) is 57.2 Å². The normalized spacial score (nSPS) is 19.8. The number of nitrogens with one attached hydrogen (secondary N) is 1. The van der Waals surface area contributed by atoms with Gasteiger partial charge in [-0.3, -0.25) is 14.9 Å². The van der Waals surface area contributed by atoms with Gasteiger partial charge < -0.3 is 0 Å². The maximum atomic E-state index is 13.2. The van der Waals surface area contributed by atoms with E-state index in [-0.39, 0.29) is 5.82 Å². The van der Waals surface area contributed by atoms with Gasteiger partial charge in [0.1, 0.15) is 17.5 Å². The lowest BCUT2D eigenvalue weighted by molar-refractivity contribution is 0.129. The molecule has 2 aromatic rings. The summed E-state index contributed by atoms with van der Waals surface area (Å²) in [6.45, 7) is 11.5. The molecule has 1 N–H and O–H groups in total. The van der Waals surface area contributed by atoms with E-state index in [0.29, 0.717) is 12.0 Å². The predicted molar refractivity (Wildman–Crippen MR) is 101 cm³/mol. The molecule has 0 spiro atoms. The number of benzene rings is 1. The number of aromatic nitrogens is 3. The summed E-state index contributed by atoms with van der Waals surface area (Å²) in [5, 5.41) is 7.32. The topological polar surface area (TPSA) is 48.1 Å². The summed E-state index contributed by atoms with van der Waals surface area (Å²) < 4.78 is 13.2. The summed E-state index contributed by atoms with van der Waals surface area (Å²) in [5.74, 6) is 2.22. The van der Waals surface area contributed by atoms with Crippen LogP contribution in [0.4, 0.5) is 4.39 Å². The van der Waals surface area contributed by atoms with Crippen molar-refractivity contribution in [3.63, 3.8) is 0 Å². The molecule has 0 aliphatic carbocycles. The molecule has 1 fully saturated rings. The van der Waals surface area contributed by atoms with Crippen molar-refractivity contribution in [1.82, 2.24) is 25.0 Å². The second-order valence-corrected chi connectivity index (χ2v) is 7.55. The number of aromatic amines is 1. The first-order valence-corrected chi connectivity index (χ1v) is 9.66. The molecule has 142 valence electrons. The van der Waals surface area contributed by atoms with Crippen molar-refractivity contribution in [2.24, 2.45) is 5.92 Å². The van der Waals surface area contributed by atoms with Gasteiger partial charge in [0.25, 0.3) is 0 Å². The average molecular weight is 359 g/mol. The van der Waals surface area contributed by atoms with Crippen molar-refractivity contribution >= 4 is 0 Å². The summed E-state index contributed by atoms with van der Waals surface area (Å²) in [4.78, 5) is 9.59. The highest BCUT2D eigenvalue weighted by atomic mass is 19.1. The lowest BCUT2D eigenvalue weighted by Crippen LogP contribution is -2.44. The van der Waals surface area contributed by atoms with Crippen molar-refractivity contribution in [3.8, 4) is 0 Å². The zero-order valence-corrected chi connectivity index (χ0v) is 16.1.